The number of hydrogen-bond acceptors (Lipinski definition) is 6. The van der Waals surface area contributed by atoms with Gasteiger partial charge >= 0.3 is 11.9 Å². The van der Waals surface area contributed by atoms with E-state index in [2.05, 4.69) is 15.2 Å². The SMILES string of the molecule is CCOC(=O)[C@@H]1CCCN(C(=NC)NCc2ccc(C(=O)OC)c(OC)c2)C1. The van der Waals surface area contributed by atoms with E-state index < -0.39 is 5.97 Å². The minimum absolute atomic E-state index is 0.133. The average Bonchev–Trinajstić information content (AvgIpc) is 2.73. The van der Waals surface area contributed by atoms with Gasteiger partial charge in [-0.3, -0.25) is 9.79 Å². The van der Waals surface area contributed by atoms with E-state index in [1.54, 1.807) is 19.2 Å². The molecule has 1 aliphatic rings. The number of carbonyl (C=O) groups excluding carboxylic acids is 2. The van der Waals surface area contributed by atoms with Crippen LogP contribution in [0.2, 0.25) is 0 Å². The highest BCUT2D eigenvalue weighted by Crippen LogP contribution is 2.22. The van der Waals surface area contributed by atoms with Gasteiger partial charge in [-0.2, -0.15) is 0 Å². The van der Waals surface area contributed by atoms with Gasteiger partial charge in [-0.05, 0) is 37.5 Å². The summed E-state index contributed by atoms with van der Waals surface area (Å²) in [6.07, 6.45) is 1.74. The van der Waals surface area contributed by atoms with Gasteiger partial charge in [0.1, 0.15) is 11.3 Å². The summed E-state index contributed by atoms with van der Waals surface area (Å²) < 4.78 is 15.2. The lowest BCUT2D eigenvalue weighted by Gasteiger charge is -2.34. The van der Waals surface area contributed by atoms with E-state index in [0.29, 0.717) is 31.0 Å². The maximum Gasteiger partial charge on any atom is 0.341 e. The third-order valence-electron chi connectivity index (χ3n) is 4.67. The third-order valence-corrected chi connectivity index (χ3v) is 4.67. The van der Waals surface area contributed by atoms with Crippen molar-refractivity contribution in [1.82, 2.24) is 10.2 Å². The zero-order valence-corrected chi connectivity index (χ0v) is 17.0. The molecule has 1 aromatic rings. The molecule has 1 fully saturated rings. The zero-order valence-electron chi connectivity index (χ0n) is 17.0. The van der Waals surface area contributed by atoms with Crippen molar-refractivity contribution in [2.24, 2.45) is 10.9 Å². The van der Waals surface area contributed by atoms with E-state index >= 15 is 0 Å². The summed E-state index contributed by atoms with van der Waals surface area (Å²) in [6, 6.07) is 5.32. The molecule has 28 heavy (non-hydrogen) atoms. The molecule has 0 amide bonds. The van der Waals surface area contributed by atoms with Crippen LogP contribution in [0.25, 0.3) is 0 Å². The summed E-state index contributed by atoms with van der Waals surface area (Å²) in [5.74, 6) is 0.467. The number of piperidine rings is 1. The van der Waals surface area contributed by atoms with E-state index in [1.807, 2.05) is 13.0 Å². The summed E-state index contributed by atoms with van der Waals surface area (Å²) in [5.41, 5.74) is 1.32. The number of rotatable bonds is 6. The standard InChI is InChI=1S/C20H29N3O5/c1-5-28-18(24)15-7-6-10-23(13-15)20(21-2)22-12-14-8-9-16(19(25)27-4)17(11-14)26-3/h8-9,11,15H,5-7,10,12-13H2,1-4H3,(H,21,22)/t15-/m1/s1. The van der Waals surface area contributed by atoms with Crippen LogP contribution in [-0.4, -0.2) is 63.8 Å². The van der Waals surface area contributed by atoms with E-state index in [-0.39, 0.29) is 11.9 Å². The smallest absolute Gasteiger partial charge is 0.341 e. The molecular formula is C20H29N3O5. The number of guanidine groups is 1. The Balaban J connectivity index is 2.02. The van der Waals surface area contributed by atoms with Crippen LogP contribution in [0.4, 0.5) is 0 Å². The van der Waals surface area contributed by atoms with Gasteiger partial charge in [0.05, 0.1) is 26.7 Å². The average molecular weight is 391 g/mol. The van der Waals surface area contributed by atoms with Crippen LogP contribution in [0.5, 0.6) is 5.75 Å². The van der Waals surface area contributed by atoms with Crippen molar-refractivity contribution in [2.45, 2.75) is 26.3 Å². The second kappa shape index (κ2) is 10.5. The number of aliphatic imine (C=N–C) groups is 1. The molecule has 1 aromatic carbocycles. The van der Waals surface area contributed by atoms with E-state index in [0.717, 1.165) is 30.9 Å². The second-order valence-corrected chi connectivity index (χ2v) is 6.46. The third kappa shape index (κ3) is 5.37. The highest BCUT2D eigenvalue weighted by molar-refractivity contribution is 5.92. The van der Waals surface area contributed by atoms with E-state index in [1.165, 1.54) is 14.2 Å². The summed E-state index contributed by atoms with van der Waals surface area (Å²) in [7, 11) is 4.57. The van der Waals surface area contributed by atoms with Gasteiger partial charge in [0.25, 0.3) is 0 Å². The Morgan fingerprint density at radius 1 is 1.32 bits per heavy atom. The number of hydrogen-bond donors (Lipinski definition) is 1. The molecule has 1 N–H and O–H groups in total. The summed E-state index contributed by atoms with van der Waals surface area (Å²) >= 11 is 0. The number of nitrogens with zero attached hydrogens (tertiary/aromatic N) is 2. The topological polar surface area (TPSA) is 89.5 Å². The summed E-state index contributed by atoms with van der Waals surface area (Å²) in [4.78, 5) is 30.2. The van der Waals surface area contributed by atoms with Crippen molar-refractivity contribution in [3.05, 3.63) is 29.3 Å². The maximum absolute atomic E-state index is 12.1. The molecule has 1 saturated heterocycles. The molecule has 0 unspecified atom stereocenters. The Morgan fingerprint density at radius 2 is 2.11 bits per heavy atom. The number of esters is 2. The first-order valence-electron chi connectivity index (χ1n) is 9.41. The van der Waals surface area contributed by atoms with Gasteiger partial charge in [0.2, 0.25) is 0 Å². The molecule has 0 saturated carbocycles. The Morgan fingerprint density at radius 3 is 2.75 bits per heavy atom. The van der Waals surface area contributed by atoms with Gasteiger partial charge in [-0.1, -0.05) is 6.07 Å². The number of nitrogens with one attached hydrogen (secondary N) is 1. The minimum atomic E-state index is -0.439. The lowest BCUT2D eigenvalue weighted by atomic mass is 9.98. The molecule has 0 spiro atoms. The molecule has 1 atom stereocenters. The fraction of sp³-hybridized carbons (Fsp3) is 0.550. The van der Waals surface area contributed by atoms with Crippen molar-refractivity contribution in [3.63, 3.8) is 0 Å². The van der Waals surface area contributed by atoms with Crippen molar-refractivity contribution in [1.29, 1.82) is 0 Å². The van der Waals surface area contributed by atoms with Crippen LogP contribution >= 0.6 is 0 Å². The van der Waals surface area contributed by atoms with Crippen LogP contribution in [0.1, 0.15) is 35.7 Å². The van der Waals surface area contributed by atoms with Crippen LogP contribution in [0.15, 0.2) is 23.2 Å². The normalized spacial score (nSPS) is 17.1. The molecule has 0 aromatic heterocycles. The van der Waals surface area contributed by atoms with Crippen LogP contribution in [0.3, 0.4) is 0 Å². The molecule has 8 heteroatoms. The lowest BCUT2D eigenvalue weighted by molar-refractivity contribution is -0.149. The van der Waals surface area contributed by atoms with Gasteiger partial charge < -0.3 is 24.4 Å². The molecule has 1 heterocycles. The molecule has 0 bridgehead atoms. The number of carbonyl (C=O) groups is 2. The molecule has 0 radical (unpaired) electrons. The van der Waals surface area contributed by atoms with Gasteiger partial charge in [-0.15, -0.1) is 0 Å². The minimum Gasteiger partial charge on any atom is -0.496 e. The zero-order chi connectivity index (χ0) is 20.5. The maximum atomic E-state index is 12.1. The number of ether oxygens (including phenoxy) is 3. The Kier molecular flexibility index (Phi) is 8.10. The van der Waals surface area contributed by atoms with Crippen molar-refractivity contribution in [2.75, 3.05) is 41.0 Å². The highest BCUT2D eigenvalue weighted by Gasteiger charge is 2.28. The summed E-state index contributed by atoms with van der Waals surface area (Å²) in [6.45, 7) is 4.14. The number of benzene rings is 1. The first kappa shape index (κ1) is 21.5. The van der Waals surface area contributed by atoms with Crippen molar-refractivity contribution in [3.8, 4) is 5.75 Å². The van der Waals surface area contributed by atoms with Crippen LogP contribution in [-0.2, 0) is 20.8 Å². The predicted molar refractivity (Wildman–Crippen MR) is 105 cm³/mol. The summed E-state index contributed by atoms with van der Waals surface area (Å²) in [5, 5.41) is 3.31. The Hall–Kier alpha value is -2.77. The fourth-order valence-corrected chi connectivity index (χ4v) is 3.26. The number of methoxy groups -OCH3 is 2. The Labute approximate surface area is 165 Å². The molecule has 8 nitrogen and oxygen atoms in total. The molecule has 0 aliphatic carbocycles. The highest BCUT2D eigenvalue weighted by atomic mass is 16.5. The molecule has 2 rings (SSSR count). The van der Waals surface area contributed by atoms with Gasteiger partial charge in [-0.25, -0.2) is 4.79 Å². The van der Waals surface area contributed by atoms with Crippen LogP contribution in [0, 0.1) is 5.92 Å². The lowest BCUT2D eigenvalue weighted by Crippen LogP contribution is -2.48. The largest absolute Gasteiger partial charge is 0.496 e. The van der Waals surface area contributed by atoms with Crippen molar-refractivity contribution < 1.29 is 23.8 Å². The van der Waals surface area contributed by atoms with Gasteiger partial charge in [0.15, 0.2) is 5.96 Å². The van der Waals surface area contributed by atoms with Crippen LogP contribution < -0.4 is 10.1 Å². The van der Waals surface area contributed by atoms with E-state index in [9.17, 15) is 9.59 Å². The van der Waals surface area contributed by atoms with Crippen molar-refractivity contribution >= 4 is 17.9 Å². The Bertz CT molecular complexity index is 720. The first-order chi connectivity index (χ1) is 13.5. The monoisotopic (exact) mass is 391 g/mol. The first-order valence-corrected chi connectivity index (χ1v) is 9.41. The molecule has 154 valence electrons. The fourth-order valence-electron chi connectivity index (χ4n) is 3.26. The van der Waals surface area contributed by atoms with E-state index in [4.69, 9.17) is 14.2 Å². The quantitative estimate of drug-likeness (QED) is 0.449. The predicted octanol–water partition coefficient (Wildman–Crippen LogP) is 1.83. The van der Waals surface area contributed by atoms with Gasteiger partial charge in [0, 0.05) is 26.7 Å². The number of likely N-dealkylation sites (tertiary alicyclic amines) is 1. The molecule has 1 aliphatic heterocycles. The second-order valence-electron chi connectivity index (χ2n) is 6.46. The molecular weight excluding hydrogens is 362 g/mol.